The molecule has 0 aromatic rings. The molecule has 2 heteroatoms. The van der Waals surface area contributed by atoms with Crippen LogP contribution < -0.4 is 0 Å². The summed E-state index contributed by atoms with van der Waals surface area (Å²) < 4.78 is 0.792. The molecule has 1 saturated heterocycles. The molecule has 0 amide bonds. The van der Waals surface area contributed by atoms with E-state index < -0.39 is 0 Å². The maximum absolute atomic E-state index is 9.41. The number of likely N-dealkylation sites (tertiary alicyclic amines) is 1. The van der Waals surface area contributed by atoms with Gasteiger partial charge >= 0.3 is 0 Å². The number of hydrogen-bond acceptors (Lipinski definition) is 1. The Morgan fingerprint density at radius 1 is 1.33 bits per heavy atom. The van der Waals surface area contributed by atoms with Crippen LogP contribution in [0.15, 0.2) is 0 Å². The summed E-state index contributed by atoms with van der Waals surface area (Å²) in [5.41, 5.74) is 0. The third-order valence-electron chi connectivity index (χ3n) is 2.25. The van der Waals surface area contributed by atoms with Crippen LogP contribution >= 0.6 is 0 Å². The first-order valence-electron chi connectivity index (χ1n) is 3.64. The Morgan fingerprint density at radius 3 is 2.33 bits per heavy atom. The Bertz CT molecular complexity index is 101. The monoisotopic (exact) mass is 130 g/mol. The average molecular weight is 130 g/mol. The second-order valence-corrected chi connectivity index (χ2v) is 3.48. The van der Waals surface area contributed by atoms with Crippen molar-refractivity contribution in [3.8, 4) is 0 Å². The second-order valence-electron chi connectivity index (χ2n) is 3.48. The predicted molar refractivity (Wildman–Crippen MR) is 36.8 cm³/mol. The largest absolute Gasteiger partial charge is 0.345 e. The van der Waals surface area contributed by atoms with Crippen molar-refractivity contribution in [3.05, 3.63) is 0 Å². The van der Waals surface area contributed by atoms with Crippen molar-refractivity contribution >= 4 is 0 Å². The van der Waals surface area contributed by atoms with Crippen LogP contribution in [-0.4, -0.2) is 36.5 Å². The Kier molecular flexibility index (Phi) is 1.78. The summed E-state index contributed by atoms with van der Waals surface area (Å²) in [6.07, 6.45) is 3.33. The fourth-order valence-corrected chi connectivity index (χ4v) is 1.34. The molecule has 0 radical (unpaired) electrons. The molecule has 1 unspecified atom stereocenters. The van der Waals surface area contributed by atoms with Crippen LogP contribution in [0, 0.1) is 0 Å². The first-order chi connectivity index (χ1) is 4.13. The quantitative estimate of drug-likeness (QED) is 0.475. The lowest BCUT2D eigenvalue weighted by Gasteiger charge is -2.38. The Labute approximate surface area is 56.7 Å². The molecule has 1 fully saturated rings. The van der Waals surface area contributed by atoms with Crippen LogP contribution in [0.2, 0.25) is 0 Å². The van der Waals surface area contributed by atoms with Gasteiger partial charge in [-0.1, -0.05) is 0 Å². The minimum absolute atomic E-state index is 0.112. The second kappa shape index (κ2) is 2.27. The van der Waals surface area contributed by atoms with Crippen molar-refractivity contribution in [1.82, 2.24) is 0 Å². The number of rotatable bonds is 0. The number of piperidine rings is 1. The van der Waals surface area contributed by atoms with Crippen molar-refractivity contribution in [1.29, 1.82) is 0 Å². The van der Waals surface area contributed by atoms with Crippen LogP contribution in [0.5, 0.6) is 0 Å². The molecule has 0 aromatic carbocycles. The Morgan fingerprint density at radius 2 is 2.00 bits per heavy atom. The van der Waals surface area contributed by atoms with Gasteiger partial charge in [0.25, 0.3) is 0 Å². The summed E-state index contributed by atoms with van der Waals surface area (Å²) in [5, 5.41) is 9.41. The highest BCUT2D eigenvalue weighted by Gasteiger charge is 2.28. The Hall–Kier alpha value is -0.0800. The summed E-state index contributed by atoms with van der Waals surface area (Å²) in [5.74, 6) is 0. The zero-order valence-electron chi connectivity index (χ0n) is 6.30. The lowest BCUT2D eigenvalue weighted by Crippen LogP contribution is -2.51. The summed E-state index contributed by atoms with van der Waals surface area (Å²) in [6, 6.07) is 0. The van der Waals surface area contributed by atoms with Crippen molar-refractivity contribution in [2.75, 3.05) is 20.6 Å². The molecule has 54 valence electrons. The fourth-order valence-electron chi connectivity index (χ4n) is 1.34. The molecule has 1 N–H and O–H groups in total. The van der Waals surface area contributed by atoms with Gasteiger partial charge in [-0.3, -0.25) is 0 Å². The maximum Gasteiger partial charge on any atom is 0.190 e. The van der Waals surface area contributed by atoms with E-state index in [4.69, 9.17) is 0 Å². The molecule has 1 atom stereocenters. The summed E-state index contributed by atoms with van der Waals surface area (Å²) in [7, 11) is 4.17. The fraction of sp³-hybridized carbons (Fsp3) is 1.00. The van der Waals surface area contributed by atoms with E-state index in [1.54, 1.807) is 0 Å². The lowest BCUT2D eigenvalue weighted by molar-refractivity contribution is -0.941. The van der Waals surface area contributed by atoms with E-state index in [2.05, 4.69) is 14.1 Å². The number of hydrogen-bond donors (Lipinski definition) is 1. The molecule has 1 rings (SSSR count). The SMILES string of the molecule is C[N+]1(C)CCCCC1O. The normalized spacial score (nSPS) is 34.3. The zero-order valence-corrected chi connectivity index (χ0v) is 6.30. The van der Waals surface area contributed by atoms with Crippen molar-refractivity contribution in [2.45, 2.75) is 25.5 Å². The minimum Gasteiger partial charge on any atom is -0.345 e. The molecular weight excluding hydrogens is 114 g/mol. The van der Waals surface area contributed by atoms with E-state index >= 15 is 0 Å². The smallest absolute Gasteiger partial charge is 0.190 e. The Balaban J connectivity index is 2.49. The zero-order chi connectivity index (χ0) is 6.91. The maximum atomic E-state index is 9.41. The van der Waals surface area contributed by atoms with Gasteiger partial charge in [0.15, 0.2) is 6.23 Å². The van der Waals surface area contributed by atoms with Gasteiger partial charge in [-0.15, -0.1) is 0 Å². The summed E-state index contributed by atoms with van der Waals surface area (Å²) >= 11 is 0. The topological polar surface area (TPSA) is 20.2 Å². The highest BCUT2D eigenvalue weighted by molar-refractivity contribution is 4.52. The van der Waals surface area contributed by atoms with Crippen LogP contribution in [0.1, 0.15) is 19.3 Å². The molecule has 0 spiro atoms. The molecular formula is C7H16NO+. The van der Waals surface area contributed by atoms with Gasteiger partial charge in [0.2, 0.25) is 0 Å². The number of aliphatic hydroxyl groups excluding tert-OH is 1. The highest BCUT2D eigenvalue weighted by Crippen LogP contribution is 2.18. The predicted octanol–water partition coefficient (Wildman–Crippen LogP) is 0.565. The molecule has 1 aliphatic rings. The molecule has 0 saturated carbocycles. The molecule has 1 heterocycles. The van der Waals surface area contributed by atoms with E-state index in [1.165, 1.54) is 12.8 Å². The van der Waals surface area contributed by atoms with Gasteiger partial charge < -0.3 is 9.59 Å². The van der Waals surface area contributed by atoms with E-state index in [9.17, 15) is 5.11 Å². The summed E-state index contributed by atoms with van der Waals surface area (Å²) in [4.78, 5) is 0. The third-order valence-corrected chi connectivity index (χ3v) is 2.25. The van der Waals surface area contributed by atoms with E-state index in [0.717, 1.165) is 17.4 Å². The number of aliphatic hydroxyl groups is 1. The molecule has 0 bridgehead atoms. The van der Waals surface area contributed by atoms with Crippen LogP contribution in [0.4, 0.5) is 0 Å². The molecule has 2 nitrogen and oxygen atoms in total. The van der Waals surface area contributed by atoms with Gasteiger partial charge in [0.1, 0.15) is 0 Å². The standard InChI is InChI=1S/C7H16NO/c1-8(2)6-4-3-5-7(8)9/h7,9H,3-6H2,1-2H3/q+1. The van der Waals surface area contributed by atoms with Gasteiger partial charge in [-0.2, -0.15) is 0 Å². The minimum atomic E-state index is -0.112. The number of quaternary nitrogens is 1. The lowest BCUT2D eigenvalue weighted by atomic mass is 10.1. The average Bonchev–Trinajstić information content (AvgIpc) is 1.77. The van der Waals surface area contributed by atoms with E-state index in [0.29, 0.717) is 0 Å². The van der Waals surface area contributed by atoms with E-state index in [1.807, 2.05) is 0 Å². The van der Waals surface area contributed by atoms with Crippen LogP contribution in [0.3, 0.4) is 0 Å². The molecule has 0 aromatic heterocycles. The van der Waals surface area contributed by atoms with Crippen molar-refractivity contribution in [2.24, 2.45) is 0 Å². The van der Waals surface area contributed by atoms with E-state index in [-0.39, 0.29) is 6.23 Å². The first kappa shape index (κ1) is 7.03. The third kappa shape index (κ3) is 1.43. The van der Waals surface area contributed by atoms with Gasteiger partial charge in [0, 0.05) is 6.42 Å². The van der Waals surface area contributed by atoms with Crippen molar-refractivity contribution < 1.29 is 9.59 Å². The first-order valence-corrected chi connectivity index (χ1v) is 3.64. The van der Waals surface area contributed by atoms with Gasteiger partial charge in [0.05, 0.1) is 20.6 Å². The van der Waals surface area contributed by atoms with Crippen LogP contribution in [0.25, 0.3) is 0 Å². The number of nitrogens with zero attached hydrogens (tertiary/aromatic N) is 1. The summed E-state index contributed by atoms with van der Waals surface area (Å²) in [6.45, 7) is 1.13. The van der Waals surface area contributed by atoms with Crippen LogP contribution in [-0.2, 0) is 0 Å². The highest BCUT2D eigenvalue weighted by atomic mass is 16.3. The van der Waals surface area contributed by atoms with Gasteiger partial charge in [-0.25, -0.2) is 0 Å². The van der Waals surface area contributed by atoms with Crippen molar-refractivity contribution in [3.63, 3.8) is 0 Å². The van der Waals surface area contributed by atoms with Gasteiger partial charge in [-0.05, 0) is 12.8 Å². The molecule has 9 heavy (non-hydrogen) atoms. The molecule has 1 aliphatic heterocycles. The molecule has 0 aliphatic carbocycles.